The number of fused-ring (bicyclic) bond motifs is 1. The van der Waals surface area contributed by atoms with Gasteiger partial charge in [-0.1, -0.05) is 42.0 Å². The summed E-state index contributed by atoms with van der Waals surface area (Å²) in [6.45, 7) is 9.35. The molecule has 1 saturated heterocycles. The Morgan fingerprint density at radius 2 is 1.58 bits per heavy atom. The van der Waals surface area contributed by atoms with E-state index in [1.54, 1.807) is 0 Å². The van der Waals surface area contributed by atoms with Crippen molar-refractivity contribution in [3.05, 3.63) is 65.4 Å². The average molecular weight is 444 g/mol. The van der Waals surface area contributed by atoms with E-state index in [0.717, 1.165) is 16.8 Å². The predicted molar refractivity (Wildman–Crippen MR) is 130 cm³/mol. The minimum absolute atomic E-state index is 0.0327. The molecule has 0 bridgehead atoms. The molecule has 3 aromatic rings. The van der Waals surface area contributed by atoms with E-state index in [4.69, 9.17) is 9.72 Å². The highest BCUT2D eigenvalue weighted by molar-refractivity contribution is 5.98. The smallest absolute Gasteiger partial charge is 0.273 e. The van der Waals surface area contributed by atoms with Gasteiger partial charge in [0, 0.05) is 30.4 Å². The monoisotopic (exact) mass is 443 g/mol. The van der Waals surface area contributed by atoms with Gasteiger partial charge in [-0.15, -0.1) is 0 Å². The van der Waals surface area contributed by atoms with Gasteiger partial charge in [0.2, 0.25) is 5.95 Å². The second-order valence-corrected chi connectivity index (χ2v) is 8.89. The topological polar surface area (TPSA) is 70.6 Å². The lowest BCUT2D eigenvalue weighted by Crippen LogP contribution is -2.37. The van der Waals surface area contributed by atoms with Crippen LogP contribution in [0.5, 0.6) is 0 Å². The number of carbonyl (C=O) groups excluding carboxylic acids is 1. The van der Waals surface area contributed by atoms with Crippen LogP contribution in [0.2, 0.25) is 0 Å². The molecular weight excluding hydrogens is 414 g/mol. The number of aromatic nitrogens is 2. The van der Waals surface area contributed by atoms with Crippen molar-refractivity contribution in [2.75, 3.05) is 36.5 Å². The summed E-state index contributed by atoms with van der Waals surface area (Å²) in [6, 6.07) is 16.9. The molecule has 0 spiro atoms. The van der Waals surface area contributed by atoms with Crippen molar-refractivity contribution >= 4 is 23.4 Å². The third kappa shape index (κ3) is 4.28. The van der Waals surface area contributed by atoms with Crippen LogP contribution in [0, 0.1) is 6.92 Å². The Kier molecular flexibility index (Phi) is 5.72. The van der Waals surface area contributed by atoms with E-state index in [1.165, 1.54) is 11.1 Å². The largest absolute Gasteiger partial charge is 0.378 e. The second-order valence-electron chi connectivity index (χ2n) is 8.89. The number of aryl methyl sites for hydroxylation is 1. The Bertz CT molecular complexity index is 1150. The summed E-state index contributed by atoms with van der Waals surface area (Å²) in [5.41, 5.74) is 5.87. The van der Waals surface area contributed by atoms with Gasteiger partial charge in [-0.2, -0.15) is 4.98 Å². The molecule has 2 aliphatic heterocycles. The Hall–Kier alpha value is -3.45. The van der Waals surface area contributed by atoms with Crippen molar-refractivity contribution in [3.8, 4) is 11.1 Å². The first-order valence-electron chi connectivity index (χ1n) is 11.5. The number of rotatable bonds is 5. The van der Waals surface area contributed by atoms with Crippen molar-refractivity contribution in [3.63, 3.8) is 0 Å². The van der Waals surface area contributed by atoms with Crippen molar-refractivity contribution < 1.29 is 9.53 Å². The van der Waals surface area contributed by atoms with Crippen LogP contribution in [0.25, 0.3) is 11.1 Å². The molecule has 2 aromatic carbocycles. The second kappa shape index (κ2) is 8.83. The number of nitrogens with zero attached hydrogens (tertiary/aromatic N) is 4. The number of morpholine rings is 1. The fourth-order valence-electron chi connectivity index (χ4n) is 4.23. The van der Waals surface area contributed by atoms with Crippen LogP contribution in [-0.2, 0) is 11.3 Å². The van der Waals surface area contributed by atoms with Crippen LogP contribution in [0.15, 0.2) is 48.5 Å². The number of hydrogen-bond acceptors (Lipinski definition) is 6. The minimum Gasteiger partial charge on any atom is -0.378 e. The molecule has 7 nitrogen and oxygen atoms in total. The van der Waals surface area contributed by atoms with Gasteiger partial charge in [-0.25, -0.2) is 4.98 Å². The molecule has 170 valence electrons. The lowest BCUT2D eigenvalue weighted by Gasteiger charge is -2.27. The summed E-state index contributed by atoms with van der Waals surface area (Å²) in [7, 11) is 0. The highest BCUT2D eigenvalue weighted by Crippen LogP contribution is 2.32. The van der Waals surface area contributed by atoms with Crippen LogP contribution in [0.4, 0.5) is 17.5 Å². The van der Waals surface area contributed by atoms with Gasteiger partial charge in [0.1, 0.15) is 11.5 Å². The Labute approximate surface area is 194 Å². The third-order valence-corrected chi connectivity index (χ3v) is 6.24. The van der Waals surface area contributed by atoms with Crippen LogP contribution in [0.3, 0.4) is 0 Å². The lowest BCUT2D eigenvalue weighted by molar-refractivity contribution is 0.0726. The zero-order chi connectivity index (χ0) is 22.9. The van der Waals surface area contributed by atoms with Crippen molar-refractivity contribution in [1.29, 1.82) is 0 Å². The Morgan fingerprint density at radius 3 is 2.21 bits per heavy atom. The van der Waals surface area contributed by atoms with Gasteiger partial charge in [-0.3, -0.25) is 4.79 Å². The van der Waals surface area contributed by atoms with Crippen LogP contribution >= 0.6 is 0 Å². The maximum absolute atomic E-state index is 13.1. The van der Waals surface area contributed by atoms with Crippen LogP contribution < -0.4 is 10.2 Å². The summed E-state index contributed by atoms with van der Waals surface area (Å²) < 4.78 is 5.48. The molecule has 3 heterocycles. The fraction of sp³-hybridized carbons (Fsp3) is 0.346. The van der Waals surface area contributed by atoms with Gasteiger partial charge in [0.05, 0.1) is 19.8 Å². The molecular formula is C26H29N5O2. The molecule has 0 saturated carbocycles. The van der Waals surface area contributed by atoms with E-state index in [-0.39, 0.29) is 11.9 Å². The van der Waals surface area contributed by atoms with E-state index in [9.17, 15) is 4.79 Å². The fourth-order valence-corrected chi connectivity index (χ4v) is 4.23. The molecule has 1 amide bonds. The predicted octanol–water partition coefficient (Wildman–Crippen LogP) is 4.40. The van der Waals surface area contributed by atoms with Crippen molar-refractivity contribution in [1.82, 2.24) is 14.9 Å². The quantitative estimate of drug-likeness (QED) is 0.630. The van der Waals surface area contributed by atoms with E-state index in [1.807, 2.05) is 18.7 Å². The molecule has 7 heteroatoms. The van der Waals surface area contributed by atoms with E-state index < -0.39 is 0 Å². The highest BCUT2D eigenvalue weighted by atomic mass is 16.5. The van der Waals surface area contributed by atoms with Gasteiger partial charge < -0.3 is 19.9 Å². The molecule has 1 N–H and O–H groups in total. The van der Waals surface area contributed by atoms with Crippen molar-refractivity contribution in [2.45, 2.75) is 33.4 Å². The van der Waals surface area contributed by atoms with E-state index in [2.05, 4.69) is 70.7 Å². The number of amides is 1. The molecule has 1 fully saturated rings. The first kappa shape index (κ1) is 21.4. The third-order valence-electron chi connectivity index (χ3n) is 6.24. The first-order valence-corrected chi connectivity index (χ1v) is 11.5. The SMILES string of the molecule is Cc1ccc(-c2ccc(Nc3nc(N4CCOCC4)nc4c3CN(C(C)C)C4=O)cc2)cc1. The Balaban J connectivity index is 1.47. The zero-order valence-electron chi connectivity index (χ0n) is 19.3. The number of nitrogens with one attached hydrogen (secondary N) is 1. The normalized spacial score (nSPS) is 15.8. The standard InChI is InChI=1S/C26H29N5O2/c1-17(2)31-16-22-23(25(31)32)28-26(30-12-14-33-15-13-30)29-24(22)27-21-10-8-20(9-11-21)19-6-4-18(3)5-7-19/h4-11,17H,12-16H2,1-3H3,(H,27,28,29). The molecule has 33 heavy (non-hydrogen) atoms. The molecule has 2 aliphatic rings. The molecule has 0 aliphatic carbocycles. The molecule has 0 unspecified atom stereocenters. The molecule has 0 radical (unpaired) electrons. The summed E-state index contributed by atoms with van der Waals surface area (Å²) in [4.78, 5) is 26.5. The average Bonchev–Trinajstić information content (AvgIpc) is 3.18. The number of benzene rings is 2. The van der Waals surface area contributed by atoms with Gasteiger partial charge in [0.25, 0.3) is 5.91 Å². The number of ether oxygens (including phenoxy) is 1. The number of hydrogen-bond donors (Lipinski definition) is 1. The zero-order valence-corrected chi connectivity index (χ0v) is 19.3. The lowest BCUT2D eigenvalue weighted by atomic mass is 10.0. The first-order chi connectivity index (χ1) is 16.0. The summed E-state index contributed by atoms with van der Waals surface area (Å²) in [5, 5.41) is 3.46. The van der Waals surface area contributed by atoms with Gasteiger partial charge in [-0.05, 0) is 44.0 Å². The van der Waals surface area contributed by atoms with Crippen LogP contribution in [-0.4, -0.2) is 53.1 Å². The van der Waals surface area contributed by atoms with Gasteiger partial charge in [0.15, 0.2) is 0 Å². The molecule has 5 rings (SSSR count). The van der Waals surface area contributed by atoms with Crippen molar-refractivity contribution in [2.24, 2.45) is 0 Å². The highest BCUT2D eigenvalue weighted by Gasteiger charge is 2.35. The minimum atomic E-state index is -0.0327. The van der Waals surface area contributed by atoms with E-state index >= 15 is 0 Å². The number of anilines is 3. The molecule has 0 atom stereocenters. The maximum Gasteiger partial charge on any atom is 0.273 e. The van der Waals surface area contributed by atoms with Crippen LogP contribution in [0.1, 0.15) is 35.5 Å². The Morgan fingerprint density at radius 1 is 0.939 bits per heavy atom. The maximum atomic E-state index is 13.1. The number of carbonyl (C=O) groups is 1. The summed E-state index contributed by atoms with van der Waals surface area (Å²) >= 11 is 0. The van der Waals surface area contributed by atoms with Gasteiger partial charge >= 0.3 is 0 Å². The molecule has 1 aromatic heterocycles. The summed E-state index contributed by atoms with van der Waals surface area (Å²) in [5.74, 6) is 1.24. The van der Waals surface area contributed by atoms with E-state index in [0.29, 0.717) is 50.3 Å². The summed E-state index contributed by atoms with van der Waals surface area (Å²) in [6.07, 6.45) is 0.